The highest BCUT2D eigenvalue weighted by Gasteiger charge is 2.30. The van der Waals surface area contributed by atoms with Crippen LogP contribution in [0.25, 0.3) is 11.4 Å². The summed E-state index contributed by atoms with van der Waals surface area (Å²) in [7, 11) is 1.56. The van der Waals surface area contributed by atoms with E-state index in [4.69, 9.17) is 9.47 Å². The molecule has 1 N–H and O–H groups in total. The Labute approximate surface area is 177 Å². The zero-order valence-corrected chi connectivity index (χ0v) is 16.9. The van der Waals surface area contributed by atoms with Gasteiger partial charge >= 0.3 is 6.18 Å². The number of nitrogens with zero attached hydrogens (tertiary/aromatic N) is 2. The van der Waals surface area contributed by atoms with E-state index in [2.05, 4.69) is 15.3 Å². The van der Waals surface area contributed by atoms with Gasteiger partial charge in [0, 0.05) is 23.9 Å². The van der Waals surface area contributed by atoms with Crippen molar-refractivity contribution in [1.29, 1.82) is 0 Å². The Morgan fingerprint density at radius 2 is 1.81 bits per heavy atom. The number of methoxy groups -OCH3 is 1. The van der Waals surface area contributed by atoms with E-state index in [1.54, 1.807) is 26.2 Å². The molecule has 3 aromatic rings. The molecule has 162 valence electrons. The van der Waals surface area contributed by atoms with E-state index in [1.807, 2.05) is 18.2 Å². The van der Waals surface area contributed by atoms with Crippen LogP contribution in [-0.4, -0.2) is 29.6 Å². The molecule has 0 saturated heterocycles. The van der Waals surface area contributed by atoms with Crippen LogP contribution in [0.4, 0.5) is 13.2 Å². The van der Waals surface area contributed by atoms with E-state index in [1.165, 1.54) is 12.1 Å². The molecule has 0 bridgehead atoms. The first-order chi connectivity index (χ1) is 14.7. The fraction of sp³-hybridized carbons (Fsp3) is 0.227. The van der Waals surface area contributed by atoms with Gasteiger partial charge in [-0.2, -0.15) is 18.2 Å². The van der Waals surface area contributed by atoms with Gasteiger partial charge in [0.25, 0.3) is 5.91 Å². The minimum absolute atomic E-state index is 0.152. The fourth-order valence-electron chi connectivity index (χ4n) is 2.72. The number of ether oxygens (including phenoxy) is 2. The second-order valence-corrected chi connectivity index (χ2v) is 6.66. The molecule has 1 aromatic heterocycles. The Morgan fingerprint density at radius 1 is 1.06 bits per heavy atom. The first-order valence-corrected chi connectivity index (χ1v) is 9.30. The molecule has 0 atom stereocenters. The fourth-order valence-corrected chi connectivity index (χ4v) is 2.72. The Hall–Kier alpha value is -3.62. The second kappa shape index (κ2) is 9.46. The molecule has 0 saturated carbocycles. The number of carbonyl (C=O) groups excluding carboxylic acids is 1. The third-order valence-electron chi connectivity index (χ3n) is 4.28. The summed E-state index contributed by atoms with van der Waals surface area (Å²) in [5.74, 6) is 0.699. The summed E-state index contributed by atoms with van der Waals surface area (Å²) >= 11 is 0. The zero-order chi connectivity index (χ0) is 22.4. The number of amides is 1. The molecule has 0 aliphatic carbocycles. The van der Waals surface area contributed by atoms with Gasteiger partial charge in [0.05, 0.1) is 12.7 Å². The number of alkyl halides is 3. The van der Waals surface area contributed by atoms with Crippen LogP contribution in [0.1, 0.15) is 16.8 Å². The molecular weight excluding hydrogens is 411 g/mol. The van der Waals surface area contributed by atoms with Crippen molar-refractivity contribution in [2.45, 2.75) is 19.6 Å². The predicted molar refractivity (Wildman–Crippen MR) is 108 cm³/mol. The van der Waals surface area contributed by atoms with Crippen molar-refractivity contribution >= 4 is 5.91 Å². The number of benzene rings is 2. The molecule has 1 amide bonds. The van der Waals surface area contributed by atoms with Gasteiger partial charge < -0.3 is 14.8 Å². The summed E-state index contributed by atoms with van der Waals surface area (Å²) in [6.07, 6.45) is -4.42. The minimum Gasteiger partial charge on any atom is -0.497 e. The Morgan fingerprint density at radius 3 is 2.48 bits per heavy atom. The highest BCUT2D eigenvalue weighted by molar-refractivity contribution is 5.77. The van der Waals surface area contributed by atoms with Gasteiger partial charge in [0.1, 0.15) is 5.75 Å². The normalized spacial score (nSPS) is 11.1. The molecule has 0 unspecified atom stereocenters. The van der Waals surface area contributed by atoms with E-state index in [0.717, 1.165) is 17.7 Å². The first kappa shape index (κ1) is 22.1. The number of hydrogen-bond acceptors (Lipinski definition) is 5. The summed E-state index contributed by atoms with van der Waals surface area (Å²) < 4.78 is 48.8. The predicted octanol–water partition coefficient (Wildman–Crippen LogP) is 4.17. The lowest BCUT2D eigenvalue weighted by Crippen LogP contribution is -2.28. The quantitative estimate of drug-likeness (QED) is 0.608. The molecule has 0 radical (unpaired) electrons. The third kappa shape index (κ3) is 6.18. The molecule has 31 heavy (non-hydrogen) atoms. The van der Waals surface area contributed by atoms with E-state index < -0.39 is 11.7 Å². The minimum atomic E-state index is -4.42. The average molecular weight is 431 g/mol. The van der Waals surface area contributed by atoms with Crippen LogP contribution in [0.3, 0.4) is 0 Å². The lowest BCUT2D eigenvalue weighted by molar-refractivity contribution is -0.137. The maximum atomic E-state index is 12.7. The van der Waals surface area contributed by atoms with Crippen LogP contribution in [0.2, 0.25) is 0 Å². The highest BCUT2D eigenvalue weighted by Crippen LogP contribution is 2.30. The molecule has 0 spiro atoms. The van der Waals surface area contributed by atoms with E-state index in [9.17, 15) is 18.0 Å². The average Bonchev–Trinajstić information content (AvgIpc) is 2.75. The first-order valence-electron chi connectivity index (χ1n) is 9.30. The van der Waals surface area contributed by atoms with Gasteiger partial charge in [-0.1, -0.05) is 24.3 Å². The summed E-state index contributed by atoms with van der Waals surface area (Å²) in [5.41, 5.74) is 1.07. The summed E-state index contributed by atoms with van der Waals surface area (Å²) in [6.45, 7) is 1.73. The van der Waals surface area contributed by atoms with Crippen molar-refractivity contribution in [3.63, 3.8) is 0 Å². The van der Waals surface area contributed by atoms with Gasteiger partial charge in [0.15, 0.2) is 12.4 Å². The Balaban J connectivity index is 1.62. The van der Waals surface area contributed by atoms with Crippen LogP contribution in [0.15, 0.2) is 54.6 Å². The van der Waals surface area contributed by atoms with Crippen molar-refractivity contribution in [2.24, 2.45) is 0 Å². The summed E-state index contributed by atoms with van der Waals surface area (Å²) in [5, 5.41) is 2.73. The monoisotopic (exact) mass is 431 g/mol. The van der Waals surface area contributed by atoms with Gasteiger partial charge in [-0.25, -0.2) is 4.98 Å². The largest absolute Gasteiger partial charge is 0.497 e. The number of nitrogens with one attached hydrogen (secondary N) is 1. The molecule has 9 heteroatoms. The highest BCUT2D eigenvalue weighted by atomic mass is 19.4. The molecule has 0 aliphatic heterocycles. The second-order valence-electron chi connectivity index (χ2n) is 6.66. The molecule has 6 nitrogen and oxygen atoms in total. The lowest BCUT2D eigenvalue weighted by atomic mass is 10.1. The molecule has 0 aliphatic rings. The van der Waals surface area contributed by atoms with Gasteiger partial charge in [0.2, 0.25) is 5.88 Å². The van der Waals surface area contributed by atoms with Crippen molar-refractivity contribution in [3.05, 3.63) is 71.4 Å². The maximum absolute atomic E-state index is 12.7. The standard InChI is InChI=1S/C22H20F3N3O3/c1-14-10-20(28-21(27-14)16-6-8-17(9-7-16)22(23,24)25)31-13-19(29)26-12-15-4-3-5-18(11-15)30-2/h3-11H,12-13H2,1-2H3,(H,26,29). The SMILES string of the molecule is COc1cccc(CNC(=O)COc2cc(C)nc(-c3ccc(C(F)(F)F)cc3)n2)c1. The van der Waals surface area contributed by atoms with Gasteiger partial charge in [-0.05, 0) is 36.8 Å². The van der Waals surface area contributed by atoms with Crippen molar-refractivity contribution in [2.75, 3.05) is 13.7 Å². The number of aryl methyl sites for hydroxylation is 1. The topological polar surface area (TPSA) is 73.3 Å². The number of halogens is 3. The molecule has 2 aromatic carbocycles. The summed E-state index contributed by atoms with van der Waals surface area (Å²) in [6, 6.07) is 13.4. The third-order valence-corrected chi connectivity index (χ3v) is 4.28. The van der Waals surface area contributed by atoms with Crippen molar-refractivity contribution in [1.82, 2.24) is 15.3 Å². The summed E-state index contributed by atoms with van der Waals surface area (Å²) in [4.78, 5) is 20.5. The van der Waals surface area contributed by atoms with Gasteiger partial charge in [-0.15, -0.1) is 0 Å². The number of hydrogen-bond donors (Lipinski definition) is 1. The smallest absolute Gasteiger partial charge is 0.416 e. The number of rotatable bonds is 7. The zero-order valence-electron chi connectivity index (χ0n) is 16.9. The maximum Gasteiger partial charge on any atom is 0.416 e. The molecule has 3 rings (SSSR count). The molecule has 0 fully saturated rings. The number of carbonyl (C=O) groups is 1. The number of aromatic nitrogens is 2. The van der Waals surface area contributed by atoms with Crippen molar-refractivity contribution in [3.8, 4) is 23.0 Å². The van der Waals surface area contributed by atoms with E-state index in [-0.39, 0.29) is 24.2 Å². The van der Waals surface area contributed by atoms with Crippen LogP contribution < -0.4 is 14.8 Å². The molecule has 1 heterocycles. The van der Waals surface area contributed by atoms with E-state index in [0.29, 0.717) is 23.6 Å². The molecular formula is C22H20F3N3O3. The van der Waals surface area contributed by atoms with Crippen LogP contribution in [-0.2, 0) is 17.5 Å². The van der Waals surface area contributed by atoms with E-state index >= 15 is 0 Å². The lowest BCUT2D eigenvalue weighted by Gasteiger charge is -2.10. The van der Waals surface area contributed by atoms with Crippen LogP contribution in [0.5, 0.6) is 11.6 Å². The Kier molecular flexibility index (Phi) is 6.74. The Bertz CT molecular complexity index is 1050. The van der Waals surface area contributed by atoms with Gasteiger partial charge in [-0.3, -0.25) is 4.79 Å². The van der Waals surface area contributed by atoms with Crippen LogP contribution >= 0.6 is 0 Å². The van der Waals surface area contributed by atoms with Crippen molar-refractivity contribution < 1.29 is 27.4 Å². The van der Waals surface area contributed by atoms with Crippen LogP contribution in [0, 0.1) is 6.92 Å².